The number of amides is 1. The molecule has 2 aromatic rings. The van der Waals surface area contributed by atoms with Gasteiger partial charge in [0.05, 0.1) is 5.75 Å². The Kier molecular flexibility index (Phi) is 4.40. The molecule has 116 valence electrons. The fourth-order valence-electron chi connectivity index (χ4n) is 2.23. The van der Waals surface area contributed by atoms with Crippen molar-refractivity contribution in [3.8, 4) is 0 Å². The number of aromatic nitrogens is 3. The minimum atomic E-state index is -0.0635. The van der Waals surface area contributed by atoms with Crippen molar-refractivity contribution in [3.63, 3.8) is 0 Å². The van der Waals surface area contributed by atoms with E-state index in [1.165, 1.54) is 24.6 Å². The highest BCUT2D eigenvalue weighted by Gasteiger charge is 2.29. The maximum absolute atomic E-state index is 12.1. The van der Waals surface area contributed by atoms with Crippen LogP contribution < -0.4 is 5.32 Å². The van der Waals surface area contributed by atoms with Crippen LogP contribution in [0.15, 0.2) is 23.4 Å². The van der Waals surface area contributed by atoms with Crippen molar-refractivity contribution in [2.45, 2.75) is 30.8 Å². The second-order valence-corrected chi connectivity index (χ2v) is 6.85. The Morgan fingerprint density at radius 2 is 2.23 bits per heavy atom. The third kappa shape index (κ3) is 3.44. The van der Waals surface area contributed by atoms with Crippen LogP contribution in [-0.2, 0) is 11.8 Å². The summed E-state index contributed by atoms with van der Waals surface area (Å²) in [7, 11) is 1.96. The van der Waals surface area contributed by atoms with E-state index in [1.54, 1.807) is 6.07 Å². The fourth-order valence-corrected chi connectivity index (χ4v) is 3.18. The summed E-state index contributed by atoms with van der Waals surface area (Å²) in [6, 6.07) is 5.41. The Labute approximate surface area is 138 Å². The van der Waals surface area contributed by atoms with Gasteiger partial charge in [0.2, 0.25) is 5.91 Å². The molecule has 0 unspecified atom stereocenters. The zero-order chi connectivity index (χ0) is 15.7. The van der Waals surface area contributed by atoms with Gasteiger partial charge in [0.15, 0.2) is 5.16 Å². The van der Waals surface area contributed by atoms with E-state index in [4.69, 9.17) is 11.6 Å². The van der Waals surface area contributed by atoms with E-state index in [-0.39, 0.29) is 5.91 Å². The number of nitrogens with one attached hydrogen (secondary N) is 1. The van der Waals surface area contributed by atoms with Gasteiger partial charge in [-0.2, -0.15) is 0 Å². The molecule has 1 N–H and O–H groups in total. The number of hydrogen-bond acceptors (Lipinski definition) is 4. The molecule has 0 saturated heterocycles. The molecular weight excluding hydrogens is 320 g/mol. The van der Waals surface area contributed by atoms with E-state index < -0.39 is 0 Å². The molecular formula is C15H17ClN4OS. The van der Waals surface area contributed by atoms with Crippen molar-refractivity contribution in [2.75, 3.05) is 11.1 Å². The van der Waals surface area contributed by atoms with Gasteiger partial charge in [-0.05, 0) is 43.5 Å². The standard InChI is InChI=1S/C15H17ClN4OS/c1-9-7-11(16)5-6-12(9)17-13(21)8-22-15-19-18-14(20(15)2)10-3-4-10/h5-7,10H,3-4,8H2,1-2H3,(H,17,21). The molecule has 0 aliphatic heterocycles. The van der Waals surface area contributed by atoms with E-state index in [1.807, 2.05) is 30.7 Å². The quantitative estimate of drug-likeness (QED) is 0.850. The molecule has 1 aromatic carbocycles. The van der Waals surface area contributed by atoms with Gasteiger partial charge >= 0.3 is 0 Å². The summed E-state index contributed by atoms with van der Waals surface area (Å²) in [6.07, 6.45) is 2.37. The topological polar surface area (TPSA) is 59.8 Å². The second kappa shape index (κ2) is 6.30. The molecule has 22 heavy (non-hydrogen) atoms. The first-order valence-corrected chi connectivity index (χ1v) is 8.49. The monoisotopic (exact) mass is 336 g/mol. The number of benzene rings is 1. The zero-order valence-corrected chi connectivity index (χ0v) is 14.0. The largest absolute Gasteiger partial charge is 0.325 e. The second-order valence-electron chi connectivity index (χ2n) is 5.47. The van der Waals surface area contributed by atoms with Crippen LogP contribution in [0, 0.1) is 6.92 Å². The Bertz CT molecular complexity index is 712. The van der Waals surface area contributed by atoms with E-state index >= 15 is 0 Å². The van der Waals surface area contributed by atoms with E-state index in [0.717, 1.165) is 22.2 Å². The molecule has 1 aliphatic rings. The third-order valence-corrected chi connectivity index (χ3v) is 4.86. The van der Waals surface area contributed by atoms with Crippen LogP contribution in [0.25, 0.3) is 0 Å². The molecule has 1 saturated carbocycles. The molecule has 5 nitrogen and oxygen atoms in total. The summed E-state index contributed by atoms with van der Waals surface area (Å²) in [5.74, 6) is 1.82. The highest BCUT2D eigenvalue weighted by Crippen LogP contribution is 2.39. The molecule has 0 radical (unpaired) electrons. The summed E-state index contributed by atoms with van der Waals surface area (Å²) in [5.41, 5.74) is 1.73. The molecule has 1 fully saturated rings. The van der Waals surface area contributed by atoms with Crippen LogP contribution in [0.4, 0.5) is 5.69 Å². The van der Waals surface area contributed by atoms with Gasteiger partial charge in [0, 0.05) is 23.7 Å². The Morgan fingerprint density at radius 1 is 1.45 bits per heavy atom. The Balaban J connectivity index is 1.58. The highest BCUT2D eigenvalue weighted by atomic mass is 35.5. The Morgan fingerprint density at radius 3 is 2.91 bits per heavy atom. The lowest BCUT2D eigenvalue weighted by Gasteiger charge is -2.08. The maximum atomic E-state index is 12.1. The summed E-state index contributed by atoms with van der Waals surface area (Å²) < 4.78 is 1.99. The SMILES string of the molecule is Cc1cc(Cl)ccc1NC(=O)CSc1nnc(C2CC2)n1C. The van der Waals surface area contributed by atoms with E-state index in [9.17, 15) is 4.79 Å². The van der Waals surface area contributed by atoms with Crippen molar-refractivity contribution in [3.05, 3.63) is 34.6 Å². The molecule has 0 bridgehead atoms. The fraction of sp³-hybridized carbons (Fsp3) is 0.400. The van der Waals surface area contributed by atoms with Gasteiger partial charge in [0.1, 0.15) is 5.82 Å². The molecule has 3 rings (SSSR count). The van der Waals surface area contributed by atoms with Gasteiger partial charge in [-0.25, -0.2) is 0 Å². The number of nitrogens with zero attached hydrogens (tertiary/aromatic N) is 3. The van der Waals surface area contributed by atoms with Gasteiger partial charge in [-0.1, -0.05) is 23.4 Å². The van der Waals surface area contributed by atoms with Crippen LogP contribution in [0.2, 0.25) is 5.02 Å². The van der Waals surface area contributed by atoms with E-state index in [2.05, 4.69) is 15.5 Å². The number of hydrogen-bond donors (Lipinski definition) is 1. The van der Waals surface area contributed by atoms with Gasteiger partial charge in [0.25, 0.3) is 0 Å². The highest BCUT2D eigenvalue weighted by molar-refractivity contribution is 7.99. The van der Waals surface area contributed by atoms with Gasteiger partial charge in [-0.3, -0.25) is 4.79 Å². The predicted octanol–water partition coefficient (Wildman–Crippen LogP) is 3.39. The first kappa shape index (κ1) is 15.4. The summed E-state index contributed by atoms with van der Waals surface area (Å²) in [6.45, 7) is 1.92. The molecule has 1 aliphatic carbocycles. The average Bonchev–Trinajstić information content (AvgIpc) is 3.24. The lowest BCUT2D eigenvalue weighted by atomic mass is 10.2. The maximum Gasteiger partial charge on any atom is 0.234 e. The lowest BCUT2D eigenvalue weighted by molar-refractivity contribution is -0.113. The lowest BCUT2D eigenvalue weighted by Crippen LogP contribution is -2.15. The van der Waals surface area contributed by atoms with Gasteiger partial charge < -0.3 is 9.88 Å². The van der Waals surface area contributed by atoms with Crippen molar-refractivity contribution >= 4 is 35.0 Å². The Hall–Kier alpha value is -1.53. The minimum Gasteiger partial charge on any atom is -0.325 e. The summed E-state index contributed by atoms with van der Waals surface area (Å²) in [4.78, 5) is 12.1. The van der Waals surface area contributed by atoms with Crippen LogP contribution in [0.5, 0.6) is 0 Å². The van der Waals surface area contributed by atoms with Crippen LogP contribution in [0.1, 0.15) is 30.1 Å². The van der Waals surface area contributed by atoms with Crippen molar-refractivity contribution in [1.82, 2.24) is 14.8 Å². The smallest absolute Gasteiger partial charge is 0.234 e. The number of carbonyl (C=O) groups is 1. The van der Waals surface area contributed by atoms with E-state index in [0.29, 0.717) is 16.7 Å². The average molecular weight is 337 g/mol. The molecule has 1 heterocycles. The van der Waals surface area contributed by atoms with Crippen LogP contribution in [-0.4, -0.2) is 26.4 Å². The van der Waals surface area contributed by atoms with Crippen molar-refractivity contribution in [1.29, 1.82) is 0 Å². The number of thioether (sulfide) groups is 1. The molecule has 7 heteroatoms. The molecule has 0 spiro atoms. The first-order chi connectivity index (χ1) is 10.5. The van der Waals surface area contributed by atoms with Gasteiger partial charge in [-0.15, -0.1) is 10.2 Å². The predicted molar refractivity (Wildman–Crippen MR) is 88.5 cm³/mol. The van der Waals surface area contributed by atoms with Crippen molar-refractivity contribution in [2.24, 2.45) is 7.05 Å². The molecule has 0 atom stereocenters. The zero-order valence-electron chi connectivity index (χ0n) is 12.5. The summed E-state index contributed by atoms with van der Waals surface area (Å²) in [5, 5.41) is 12.7. The number of rotatable bonds is 5. The van der Waals surface area contributed by atoms with Crippen LogP contribution >= 0.6 is 23.4 Å². The van der Waals surface area contributed by atoms with Crippen molar-refractivity contribution < 1.29 is 4.79 Å². The number of aryl methyl sites for hydroxylation is 1. The third-order valence-electron chi connectivity index (χ3n) is 3.61. The minimum absolute atomic E-state index is 0.0635. The number of halogens is 1. The normalized spacial score (nSPS) is 14.1. The molecule has 1 amide bonds. The number of anilines is 1. The van der Waals surface area contributed by atoms with Crippen LogP contribution in [0.3, 0.4) is 0 Å². The molecule has 1 aromatic heterocycles. The number of carbonyl (C=O) groups excluding carboxylic acids is 1. The summed E-state index contributed by atoms with van der Waals surface area (Å²) >= 11 is 7.31. The first-order valence-electron chi connectivity index (χ1n) is 7.12.